The smallest absolute Gasteiger partial charge is 0.235 e. The number of amides is 1. The lowest BCUT2D eigenvalue weighted by atomic mass is 9.69. The number of carbonyl (C=O) groups excluding carboxylic acids is 1. The van der Waals surface area contributed by atoms with Crippen molar-refractivity contribution in [3.8, 4) is 0 Å². The van der Waals surface area contributed by atoms with Gasteiger partial charge in [-0.25, -0.2) is 0 Å². The number of hydrogen-bond acceptors (Lipinski definition) is 1. The van der Waals surface area contributed by atoms with E-state index >= 15 is 0 Å². The standard InChI is InChI=1S/C25H27NO/c1-2-25-15-9-17-26-23(25)20(14-16-25)21(18-10-5-3-6-11-18)22(24(26)27)19-12-7-4-8-13-19/h3-8,10-13,21-22H,2,9,14-17H2,1H3/t21-,22-,25-/m1/s1. The Morgan fingerprint density at radius 2 is 1.56 bits per heavy atom. The number of carbonyl (C=O) groups is 1. The third-order valence-electron chi connectivity index (χ3n) is 7.22. The van der Waals surface area contributed by atoms with E-state index < -0.39 is 0 Å². The van der Waals surface area contributed by atoms with E-state index in [0.29, 0.717) is 5.91 Å². The summed E-state index contributed by atoms with van der Waals surface area (Å²) in [6, 6.07) is 21.2. The SMILES string of the molecule is CC[C@]12CCCN3C(=O)[C@H](c4ccccc4)[C@H](c4ccccc4)C(=C31)CC2. The highest BCUT2D eigenvalue weighted by atomic mass is 16.2. The van der Waals surface area contributed by atoms with Crippen LogP contribution in [0.1, 0.15) is 62.0 Å². The topological polar surface area (TPSA) is 20.3 Å². The zero-order chi connectivity index (χ0) is 18.4. The van der Waals surface area contributed by atoms with Crippen molar-refractivity contribution in [1.82, 2.24) is 4.90 Å². The van der Waals surface area contributed by atoms with Crippen molar-refractivity contribution in [2.24, 2.45) is 5.41 Å². The summed E-state index contributed by atoms with van der Waals surface area (Å²) < 4.78 is 0. The van der Waals surface area contributed by atoms with Crippen LogP contribution >= 0.6 is 0 Å². The molecule has 3 aliphatic rings. The van der Waals surface area contributed by atoms with Crippen LogP contribution in [-0.2, 0) is 4.79 Å². The van der Waals surface area contributed by atoms with Crippen LogP contribution in [0, 0.1) is 5.41 Å². The molecule has 1 saturated heterocycles. The van der Waals surface area contributed by atoms with Crippen LogP contribution < -0.4 is 0 Å². The molecule has 3 atom stereocenters. The molecule has 2 aliphatic heterocycles. The van der Waals surface area contributed by atoms with Gasteiger partial charge in [-0.2, -0.15) is 0 Å². The Bertz CT molecular complexity index is 885. The lowest BCUT2D eigenvalue weighted by molar-refractivity contribution is -0.134. The van der Waals surface area contributed by atoms with Gasteiger partial charge in [0.1, 0.15) is 0 Å². The maximum absolute atomic E-state index is 13.8. The first-order valence-electron chi connectivity index (χ1n) is 10.4. The van der Waals surface area contributed by atoms with Gasteiger partial charge in [0.25, 0.3) is 0 Å². The van der Waals surface area contributed by atoms with Crippen molar-refractivity contribution in [1.29, 1.82) is 0 Å². The van der Waals surface area contributed by atoms with Crippen molar-refractivity contribution in [2.45, 2.75) is 50.9 Å². The van der Waals surface area contributed by atoms with Gasteiger partial charge >= 0.3 is 0 Å². The third-order valence-corrected chi connectivity index (χ3v) is 7.22. The lowest BCUT2D eigenvalue weighted by Crippen LogP contribution is -2.48. The molecule has 1 fully saturated rings. The summed E-state index contributed by atoms with van der Waals surface area (Å²) in [5.41, 5.74) is 5.62. The van der Waals surface area contributed by atoms with Gasteiger partial charge in [-0.3, -0.25) is 4.79 Å². The Hall–Kier alpha value is -2.35. The molecule has 1 amide bonds. The van der Waals surface area contributed by atoms with Gasteiger partial charge in [0.15, 0.2) is 0 Å². The van der Waals surface area contributed by atoms with Gasteiger partial charge in [0.2, 0.25) is 5.91 Å². The molecule has 2 heterocycles. The fourth-order valence-corrected chi connectivity index (χ4v) is 5.95. The molecule has 0 unspecified atom stereocenters. The van der Waals surface area contributed by atoms with Crippen molar-refractivity contribution < 1.29 is 4.79 Å². The summed E-state index contributed by atoms with van der Waals surface area (Å²) in [6.45, 7) is 3.20. The molecular formula is C25H27NO. The maximum Gasteiger partial charge on any atom is 0.235 e. The highest BCUT2D eigenvalue weighted by Crippen LogP contribution is 2.60. The van der Waals surface area contributed by atoms with Crippen molar-refractivity contribution in [2.75, 3.05) is 6.54 Å². The molecule has 0 bridgehead atoms. The molecule has 0 N–H and O–H groups in total. The van der Waals surface area contributed by atoms with Crippen LogP contribution in [0.2, 0.25) is 0 Å². The molecule has 0 saturated carbocycles. The van der Waals surface area contributed by atoms with Crippen LogP contribution in [0.15, 0.2) is 71.9 Å². The van der Waals surface area contributed by atoms with Crippen LogP contribution in [-0.4, -0.2) is 17.4 Å². The number of allylic oxidation sites excluding steroid dienone is 2. The lowest BCUT2D eigenvalue weighted by Gasteiger charge is -2.48. The number of nitrogens with zero attached hydrogens (tertiary/aromatic N) is 1. The van der Waals surface area contributed by atoms with Crippen molar-refractivity contribution in [3.63, 3.8) is 0 Å². The van der Waals surface area contributed by atoms with Gasteiger partial charge in [-0.15, -0.1) is 0 Å². The second kappa shape index (κ2) is 6.37. The fraction of sp³-hybridized carbons (Fsp3) is 0.400. The Kier molecular flexibility index (Phi) is 3.96. The van der Waals surface area contributed by atoms with Gasteiger partial charge in [-0.1, -0.05) is 67.6 Å². The molecule has 2 aromatic rings. The van der Waals surface area contributed by atoms with Crippen LogP contribution in [0.4, 0.5) is 0 Å². The second-order valence-electron chi connectivity index (χ2n) is 8.38. The number of piperidine rings is 1. The number of rotatable bonds is 3. The van der Waals surface area contributed by atoms with Gasteiger partial charge in [0, 0.05) is 23.6 Å². The molecule has 0 aromatic heterocycles. The van der Waals surface area contributed by atoms with E-state index in [1.54, 1.807) is 0 Å². The van der Waals surface area contributed by atoms with E-state index in [4.69, 9.17) is 0 Å². The van der Waals surface area contributed by atoms with Gasteiger partial charge in [-0.05, 0) is 48.8 Å². The van der Waals surface area contributed by atoms with E-state index in [2.05, 4.69) is 66.4 Å². The predicted octanol–water partition coefficient (Wildman–Crippen LogP) is 5.63. The zero-order valence-electron chi connectivity index (χ0n) is 16.0. The van der Waals surface area contributed by atoms with Crippen LogP contribution in [0.25, 0.3) is 0 Å². The van der Waals surface area contributed by atoms with Crippen molar-refractivity contribution in [3.05, 3.63) is 83.1 Å². The Labute approximate surface area is 161 Å². The first-order valence-corrected chi connectivity index (χ1v) is 10.4. The fourth-order valence-electron chi connectivity index (χ4n) is 5.95. The molecule has 27 heavy (non-hydrogen) atoms. The third kappa shape index (κ3) is 2.42. The van der Waals surface area contributed by atoms with E-state index in [9.17, 15) is 4.79 Å². The minimum Gasteiger partial charge on any atom is -0.315 e. The molecule has 0 radical (unpaired) electrons. The Morgan fingerprint density at radius 1 is 0.926 bits per heavy atom. The summed E-state index contributed by atoms with van der Waals surface area (Å²) in [5.74, 6) is 0.394. The van der Waals surface area contributed by atoms with E-state index in [-0.39, 0.29) is 17.3 Å². The van der Waals surface area contributed by atoms with Gasteiger partial charge in [0.05, 0.1) is 5.92 Å². The molecular weight excluding hydrogens is 330 g/mol. The van der Waals surface area contributed by atoms with E-state index in [1.807, 2.05) is 6.07 Å². The average Bonchev–Trinajstić information content (AvgIpc) is 3.12. The Morgan fingerprint density at radius 3 is 2.19 bits per heavy atom. The largest absolute Gasteiger partial charge is 0.315 e. The van der Waals surface area contributed by atoms with Crippen LogP contribution in [0.5, 0.6) is 0 Å². The molecule has 1 aliphatic carbocycles. The molecule has 2 aromatic carbocycles. The van der Waals surface area contributed by atoms with Gasteiger partial charge < -0.3 is 4.90 Å². The molecule has 2 heteroatoms. The summed E-state index contributed by atoms with van der Waals surface area (Å²) in [4.78, 5) is 16.0. The molecule has 5 rings (SSSR count). The quantitative estimate of drug-likeness (QED) is 0.697. The monoisotopic (exact) mass is 357 g/mol. The van der Waals surface area contributed by atoms with Crippen molar-refractivity contribution >= 4 is 5.91 Å². The summed E-state index contributed by atoms with van der Waals surface area (Å²) in [7, 11) is 0. The molecule has 138 valence electrons. The highest BCUT2D eigenvalue weighted by molar-refractivity contribution is 5.89. The minimum atomic E-state index is -0.0990. The zero-order valence-corrected chi connectivity index (χ0v) is 16.0. The normalized spacial score (nSPS) is 29.8. The minimum absolute atomic E-state index is 0.0990. The molecule has 0 spiro atoms. The molecule has 2 nitrogen and oxygen atoms in total. The number of hydrogen-bond donors (Lipinski definition) is 0. The Balaban J connectivity index is 1.74. The summed E-state index contributed by atoms with van der Waals surface area (Å²) in [6.07, 6.45) is 5.86. The first-order chi connectivity index (χ1) is 13.2. The van der Waals surface area contributed by atoms with Crippen LogP contribution in [0.3, 0.4) is 0 Å². The summed E-state index contributed by atoms with van der Waals surface area (Å²) >= 11 is 0. The summed E-state index contributed by atoms with van der Waals surface area (Å²) in [5, 5.41) is 0. The van der Waals surface area contributed by atoms with E-state index in [0.717, 1.165) is 31.4 Å². The number of benzene rings is 2. The first kappa shape index (κ1) is 16.8. The average molecular weight is 357 g/mol. The van der Waals surface area contributed by atoms with E-state index in [1.165, 1.54) is 29.7 Å². The predicted molar refractivity (Wildman–Crippen MR) is 108 cm³/mol. The highest BCUT2D eigenvalue weighted by Gasteiger charge is 2.53. The maximum atomic E-state index is 13.8. The second-order valence-corrected chi connectivity index (χ2v) is 8.38.